The molecule has 1 heterocycles. The second kappa shape index (κ2) is 4.27. The van der Waals surface area contributed by atoms with Gasteiger partial charge in [0.2, 0.25) is 0 Å². The van der Waals surface area contributed by atoms with E-state index < -0.39 is 0 Å². The number of benzene rings is 2. The molecule has 0 radical (unpaired) electrons. The largest absolute Gasteiger partial charge is 0.272 e. The molecule has 3 rings (SSSR count). The summed E-state index contributed by atoms with van der Waals surface area (Å²) in [6.07, 6.45) is 1.65. The van der Waals surface area contributed by atoms with Crippen molar-refractivity contribution in [2.45, 2.75) is 0 Å². The molecule has 2 aromatic carbocycles. The van der Waals surface area contributed by atoms with Gasteiger partial charge in [0.15, 0.2) is 0 Å². The zero-order valence-corrected chi connectivity index (χ0v) is 10.1. The Bertz CT molecular complexity index is 763. The van der Waals surface area contributed by atoms with E-state index in [1.165, 1.54) is 0 Å². The average Bonchev–Trinajstić information content (AvgIpc) is 2.39. The number of rotatable bonds is 1. The molecule has 0 unspecified atom stereocenters. The molecule has 88 valence electrons. The average molecular weight is 257 g/mol. The second-order valence-electron chi connectivity index (χ2n) is 4.01. The molecule has 0 aliphatic carbocycles. The van der Waals surface area contributed by atoms with Crippen molar-refractivity contribution in [3.8, 4) is 11.1 Å². The minimum absolute atomic E-state index is 0.171. The molecular weight excluding hydrogens is 248 g/mol. The minimum Gasteiger partial charge on any atom is -0.267 e. The van der Waals surface area contributed by atoms with Crippen LogP contribution in [0.25, 0.3) is 21.9 Å². The lowest BCUT2D eigenvalue weighted by molar-refractivity contribution is 1.01. The number of H-pyrrole nitrogens is 1. The predicted molar refractivity (Wildman–Crippen MR) is 72.8 cm³/mol. The van der Waals surface area contributed by atoms with E-state index in [0.717, 1.165) is 16.5 Å². The van der Waals surface area contributed by atoms with Gasteiger partial charge < -0.3 is 0 Å². The van der Waals surface area contributed by atoms with Gasteiger partial charge in [-0.05, 0) is 35.4 Å². The van der Waals surface area contributed by atoms with E-state index in [2.05, 4.69) is 10.2 Å². The maximum Gasteiger partial charge on any atom is 0.272 e. The first-order valence-corrected chi connectivity index (χ1v) is 5.85. The Hall–Kier alpha value is -2.13. The van der Waals surface area contributed by atoms with Crippen LogP contribution in [0.5, 0.6) is 0 Å². The first-order valence-electron chi connectivity index (χ1n) is 5.47. The molecule has 0 aliphatic heterocycles. The van der Waals surface area contributed by atoms with Crippen molar-refractivity contribution in [1.82, 2.24) is 10.2 Å². The fraction of sp³-hybridized carbons (Fsp3) is 0. The fourth-order valence-electron chi connectivity index (χ4n) is 1.92. The Kier molecular flexibility index (Phi) is 2.61. The highest BCUT2D eigenvalue weighted by Crippen LogP contribution is 2.23. The molecule has 0 amide bonds. The van der Waals surface area contributed by atoms with Crippen LogP contribution >= 0.6 is 11.6 Å². The molecule has 0 aliphatic rings. The van der Waals surface area contributed by atoms with E-state index in [-0.39, 0.29) is 5.56 Å². The SMILES string of the molecule is O=c1[nH]ncc2cc(-c3ccc(Cl)cc3)ccc12. The van der Waals surface area contributed by atoms with Gasteiger partial charge in [-0.1, -0.05) is 29.8 Å². The third kappa shape index (κ3) is 1.89. The van der Waals surface area contributed by atoms with E-state index in [0.29, 0.717) is 10.4 Å². The van der Waals surface area contributed by atoms with Crippen LogP contribution in [0, 0.1) is 0 Å². The Labute approximate surface area is 108 Å². The lowest BCUT2D eigenvalue weighted by Gasteiger charge is -2.03. The van der Waals surface area contributed by atoms with Gasteiger partial charge in [-0.3, -0.25) is 4.79 Å². The number of nitrogens with zero attached hydrogens (tertiary/aromatic N) is 1. The summed E-state index contributed by atoms with van der Waals surface area (Å²) < 4.78 is 0. The smallest absolute Gasteiger partial charge is 0.267 e. The molecule has 0 atom stereocenters. The summed E-state index contributed by atoms with van der Waals surface area (Å²) in [6.45, 7) is 0. The standard InChI is InChI=1S/C14H9ClN2O/c15-12-4-1-9(2-5-12)10-3-6-13-11(7-10)8-16-17-14(13)18/h1-8H,(H,17,18). The predicted octanol–water partition coefficient (Wildman–Crippen LogP) is 3.24. The number of halogens is 1. The normalized spacial score (nSPS) is 10.7. The molecular formula is C14H9ClN2O. The van der Waals surface area contributed by atoms with Crippen molar-refractivity contribution < 1.29 is 0 Å². The fourth-order valence-corrected chi connectivity index (χ4v) is 2.04. The molecule has 4 heteroatoms. The summed E-state index contributed by atoms with van der Waals surface area (Å²) in [6, 6.07) is 13.3. The lowest BCUT2D eigenvalue weighted by Crippen LogP contribution is -2.06. The molecule has 1 N–H and O–H groups in total. The Morgan fingerprint density at radius 1 is 1.00 bits per heavy atom. The van der Waals surface area contributed by atoms with E-state index in [1.807, 2.05) is 36.4 Å². The summed E-state index contributed by atoms with van der Waals surface area (Å²) in [4.78, 5) is 11.5. The monoisotopic (exact) mass is 256 g/mol. The van der Waals surface area contributed by atoms with Crippen LogP contribution in [0.4, 0.5) is 0 Å². The number of fused-ring (bicyclic) bond motifs is 1. The third-order valence-corrected chi connectivity index (χ3v) is 3.10. The van der Waals surface area contributed by atoms with Gasteiger partial charge in [-0.25, -0.2) is 5.10 Å². The van der Waals surface area contributed by atoms with E-state index >= 15 is 0 Å². The van der Waals surface area contributed by atoms with Gasteiger partial charge in [0, 0.05) is 10.4 Å². The van der Waals surface area contributed by atoms with E-state index in [4.69, 9.17) is 11.6 Å². The van der Waals surface area contributed by atoms with Crippen LogP contribution in [0.1, 0.15) is 0 Å². The highest BCUT2D eigenvalue weighted by Gasteiger charge is 2.02. The van der Waals surface area contributed by atoms with Crippen LogP contribution in [0.3, 0.4) is 0 Å². The molecule has 18 heavy (non-hydrogen) atoms. The number of hydrogen-bond acceptors (Lipinski definition) is 2. The lowest BCUT2D eigenvalue weighted by atomic mass is 10.0. The molecule has 3 nitrogen and oxygen atoms in total. The van der Waals surface area contributed by atoms with Crippen LogP contribution in [0.15, 0.2) is 53.5 Å². The Morgan fingerprint density at radius 2 is 1.72 bits per heavy atom. The quantitative estimate of drug-likeness (QED) is 0.726. The van der Waals surface area contributed by atoms with Crippen molar-refractivity contribution in [3.63, 3.8) is 0 Å². The first kappa shape index (κ1) is 11.0. The molecule has 0 saturated heterocycles. The van der Waals surface area contributed by atoms with Gasteiger partial charge in [-0.15, -0.1) is 0 Å². The number of aromatic nitrogens is 2. The summed E-state index contributed by atoms with van der Waals surface area (Å²) in [5.41, 5.74) is 1.92. The molecule has 0 bridgehead atoms. The Morgan fingerprint density at radius 3 is 2.50 bits per heavy atom. The van der Waals surface area contributed by atoms with Gasteiger partial charge in [-0.2, -0.15) is 5.10 Å². The Balaban J connectivity index is 2.19. The van der Waals surface area contributed by atoms with Crippen molar-refractivity contribution in [2.24, 2.45) is 0 Å². The van der Waals surface area contributed by atoms with Gasteiger partial charge in [0.05, 0.1) is 11.6 Å². The van der Waals surface area contributed by atoms with Crippen molar-refractivity contribution in [1.29, 1.82) is 0 Å². The summed E-state index contributed by atoms with van der Waals surface area (Å²) in [5.74, 6) is 0. The van der Waals surface area contributed by atoms with Crippen molar-refractivity contribution in [3.05, 3.63) is 64.0 Å². The van der Waals surface area contributed by atoms with Gasteiger partial charge in [0.25, 0.3) is 5.56 Å². The van der Waals surface area contributed by atoms with Crippen LogP contribution < -0.4 is 5.56 Å². The zero-order chi connectivity index (χ0) is 12.5. The van der Waals surface area contributed by atoms with Crippen molar-refractivity contribution >= 4 is 22.4 Å². The number of hydrogen-bond donors (Lipinski definition) is 1. The highest BCUT2D eigenvalue weighted by atomic mass is 35.5. The number of nitrogens with one attached hydrogen (secondary N) is 1. The molecule has 0 saturated carbocycles. The molecule has 3 aromatic rings. The first-order chi connectivity index (χ1) is 8.74. The van der Waals surface area contributed by atoms with Crippen molar-refractivity contribution in [2.75, 3.05) is 0 Å². The summed E-state index contributed by atoms with van der Waals surface area (Å²) in [7, 11) is 0. The molecule has 0 fully saturated rings. The van der Waals surface area contributed by atoms with E-state index in [1.54, 1.807) is 12.3 Å². The topological polar surface area (TPSA) is 45.8 Å². The second-order valence-corrected chi connectivity index (χ2v) is 4.44. The van der Waals surface area contributed by atoms with Crippen LogP contribution in [-0.4, -0.2) is 10.2 Å². The number of aromatic amines is 1. The summed E-state index contributed by atoms with van der Waals surface area (Å²) >= 11 is 5.86. The van der Waals surface area contributed by atoms with Crippen LogP contribution in [0.2, 0.25) is 5.02 Å². The van der Waals surface area contributed by atoms with Gasteiger partial charge >= 0.3 is 0 Å². The third-order valence-electron chi connectivity index (χ3n) is 2.84. The zero-order valence-electron chi connectivity index (χ0n) is 9.35. The molecule has 1 aromatic heterocycles. The molecule has 0 spiro atoms. The summed E-state index contributed by atoms with van der Waals surface area (Å²) in [5, 5.41) is 8.39. The highest BCUT2D eigenvalue weighted by molar-refractivity contribution is 6.30. The van der Waals surface area contributed by atoms with E-state index in [9.17, 15) is 4.79 Å². The minimum atomic E-state index is -0.171. The van der Waals surface area contributed by atoms with Gasteiger partial charge in [0.1, 0.15) is 0 Å². The maximum atomic E-state index is 11.5. The maximum absolute atomic E-state index is 11.5. The van der Waals surface area contributed by atoms with Crippen LogP contribution in [-0.2, 0) is 0 Å².